The molecule has 0 bridgehead atoms. The maximum absolute atomic E-state index is 12.0. The summed E-state index contributed by atoms with van der Waals surface area (Å²) in [5.74, 6) is -0.241. The molecule has 5 nitrogen and oxygen atoms in total. The van der Waals surface area contributed by atoms with Gasteiger partial charge in [0.1, 0.15) is 5.52 Å². The highest BCUT2D eigenvalue weighted by atomic mass is 16.5. The number of carbonyl (C=O) groups excluding carboxylic acids is 1. The number of benzene rings is 1. The molecule has 0 saturated heterocycles. The highest BCUT2D eigenvalue weighted by molar-refractivity contribution is 5.79. The van der Waals surface area contributed by atoms with E-state index >= 15 is 0 Å². The zero-order valence-electron chi connectivity index (χ0n) is 10.7. The van der Waals surface area contributed by atoms with Gasteiger partial charge in [0.2, 0.25) is 0 Å². The molecular weight excluding hydrogens is 230 g/mol. The Morgan fingerprint density at radius 3 is 2.89 bits per heavy atom. The van der Waals surface area contributed by atoms with Crippen molar-refractivity contribution in [3.05, 3.63) is 24.3 Å². The van der Waals surface area contributed by atoms with E-state index in [4.69, 9.17) is 4.74 Å². The highest BCUT2D eigenvalue weighted by Crippen LogP contribution is 2.20. The SMILES string of the molecule is CCCC(C(=O)OCC)n1nnc2ccccc21. The molecule has 0 spiro atoms. The van der Waals surface area contributed by atoms with E-state index in [1.807, 2.05) is 31.2 Å². The number of rotatable bonds is 5. The van der Waals surface area contributed by atoms with Crippen LogP contribution in [0.25, 0.3) is 11.0 Å². The van der Waals surface area contributed by atoms with Crippen LogP contribution in [0.2, 0.25) is 0 Å². The number of para-hydroxylation sites is 1. The number of esters is 1. The van der Waals surface area contributed by atoms with Crippen LogP contribution in [0.3, 0.4) is 0 Å². The van der Waals surface area contributed by atoms with Crippen LogP contribution >= 0.6 is 0 Å². The third-order valence-corrected chi connectivity index (χ3v) is 2.79. The van der Waals surface area contributed by atoms with Gasteiger partial charge in [0.15, 0.2) is 6.04 Å². The lowest BCUT2D eigenvalue weighted by molar-refractivity contribution is -0.147. The predicted octanol–water partition coefficient (Wildman–Crippen LogP) is 2.34. The molecule has 18 heavy (non-hydrogen) atoms. The first-order valence-corrected chi connectivity index (χ1v) is 6.24. The van der Waals surface area contributed by atoms with Crippen molar-refractivity contribution < 1.29 is 9.53 Å². The van der Waals surface area contributed by atoms with Gasteiger partial charge in [0, 0.05) is 0 Å². The minimum Gasteiger partial charge on any atom is -0.464 e. The van der Waals surface area contributed by atoms with E-state index in [1.165, 1.54) is 0 Å². The average molecular weight is 247 g/mol. The van der Waals surface area contributed by atoms with E-state index in [-0.39, 0.29) is 12.0 Å². The summed E-state index contributed by atoms with van der Waals surface area (Å²) in [7, 11) is 0. The topological polar surface area (TPSA) is 57.0 Å². The maximum atomic E-state index is 12.0. The molecule has 1 heterocycles. The van der Waals surface area contributed by atoms with Crippen molar-refractivity contribution in [3.63, 3.8) is 0 Å². The fourth-order valence-corrected chi connectivity index (χ4v) is 1.97. The van der Waals surface area contributed by atoms with Gasteiger partial charge in [-0.2, -0.15) is 0 Å². The lowest BCUT2D eigenvalue weighted by Gasteiger charge is -2.15. The van der Waals surface area contributed by atoms with Crippen LogP contribution in [0.4, 0.5) is 0 Å². The van der Waals surface area contributed by atoms with Crippen LogP contribution in [-0.4, -0.2) is 27.6 Å². The van der Waals surface area contributed by atoms with E-state index in [2.05, 4.69) is 10.3 Å². The van der Waals surface area contributed by atoms with Gasteiger partial charge < -0.3 is 4.74 Å². The molecule has 0 aliphatic heterocycles. The Bertz CT molecular complexity index is 536. The molecule has 1 unspecified atom stereocenters. The zero-order valence-corrected chi connectivity index (χ0v) is 10.7. The minimum atomic E-state index is -0.387. The molecule has 0 radical (unpaired) electrons. The molecule has 2 aromatic rings. The van der Waals surface area contributed by atoms with Crippen molar-refractivity contribution in [2.24, 2.45) is 0 Å². The van der Waals surface area contributed by atoms with Crippen LogP contribution in [0.15, 0.2) is 24.3 Å². The Morgan fingerprint density at radius 1 is 1.39 bits per heavy atom. The van der Waals surface area contributed by atoms with Gasteiger partial charge in [-0.3, -0.25) is 0 Å². The number of fused-ring (bicyclic) bond motifs is 1. The van der Waals surface area contributed by atoms with Crippen LogP contribution in [0.1, 0.15) is 32.7 Å². The van der Waals surface area contributed by atoms with Crippen LogP contribution in [0, 0.1) is 0 Å². The molecule has 5 heteroatoms. The highest BCUT2D eigenvalue weighted by Gasteiger charge is 2.23. The number of ether oxygens (including phenoxy) is 1. The van der Waals surface area contributed by atoms with E-state index in [1.54, 1.807) is 11.6 Å². The van der Waals surface area contributed by atoms with Crippen LogP contribution in [-0.2, 0) is 9.53 Å². The standard InChI is InChI=1S/C13H17N3O2/c1-3-7-12(13(17)18-4-2)16-11-9-6-5-8-10(11)14-15-16/h5-6,8-9,12H,3-4,7H2,1-2H3. The van der Waals surface area contributed by atoms with Gasteiger partial charge in [-0.1, -0.05) is 30.7 Å². The monoisotopic (exact) mass is 247 g/mol. The van der Waals surface area contributed by atoms with E-state index in [0.717, 1.165) is 17.5 Å². The molecular formula is C13H17N3O2. The molecule has 1 aromatic heterocycles. The number of hydrogen-bond donors (Lipinski definition) is 0. The number of nitrogens with zero attached hydrogens (tertiary/aromatic N) is 3. The normalized spacial score (nSPS) is 12.6. The van der Waals surface area contributed by atoms with Crippen molar-refractivity contribution in [2.45, 2.75) is 32.7 Å². The van der Waals surface area contributed by atoms with Crippen LogP contribution < -0.4 is 0 Å². The summed E-state index contributed by atoms with van der Waals surface area (Å²) in [6.07, 6.45) is 1.59. The molecule has 1 aromatic carbocycles. The van der Waals surface area contributed by atoms with Crippen molar-refractivity contribution >= 4 is 17.0 Å². The Balaban J connectivity index is 2.38. The summed E-state index contributed by atoms with van der Waals surface area (Å²) in [5.41, 5.74) is 1.66. The summed E-state index contributed by atoms with van der Waals surface area (Å²) >= 11 is 0. The van der Waals surface area contributed by atoms with E-state index in [9.17, 15) is 4.79 Å². The lowest BCUT2D eigenvalue weighted by Crippen LogP contribution is -2.23. The quantitative estimate of drug-likeness (QED) is 0.761. The second kappa shape index (κ2) is 5.62. The summed E-state index contributed by atoms with van der Waals surface area (Å²) < 4.78 is 6.77. The maximum Gasteiger partial charge on any atom is 0.331 e. The van der Waals surface area contributed by atoms with Crippen molar-refractivity contribution in [1.82, 2.24) is 15.0 Å². The molecule has 0 saturated carbocycles. The van der Waals surface area contributed by atoms with Gasteiger partial charge in [-0.05, 0) is 25.5 Å². The zero-order chi connectivity index (χ0) is 13.0. The van der Waals surface area contributed by atoms with Gasteiger partial charge in [0.05, 0.1) is 12.1 Å². The van der Waals surface area contributed by atoms with Crippen molar-refractivity contribution in [1.29, 1.82) is 0 Å². The van der Waals surface area contributed by atoms with E-state index in [0.29, 0.717) is 13.0 Å². The summed E-state index contributed by atoms with van der Waals surface area (Å²) in [6, 6.07) is 7.23. The Morgan fingerprint density at radius 2 is 2.17 bits per heavy atom. The fraction of sp³-hybridized carbons (Fsp3) is 0.462. The number of carbonyl (C=O) groups is 1. The smallest absolute Gasteiger partial charge is 0.331 e. The number of aromatic nitrogens is 3. The first kappa shape index (κ1) is 12.5. The van der Waals surface area contributed by atoms with Gasteiger partial charge in [-0.15, -0.1) is 5.10 Å². The summed E-state index contributed by atoms with van der Waals surface area (Å²) in [5, 5.41) is 8.15. The number of hydrogen-bond acceptors (Lipinski definition) is 4. The third kappa shape index (κ3) is 2.34. The second-order valence-corrected chi connectivity index (χ2v) is 4.08. The van der Waals surface area contributed by atoms with E-state index < -0.39 is 0 Å². The molecule has 0 N–H and O–H groups in total. The lowest BCUT2D eigenvalue weighted by atomic mass is 10.1. The molecule has 0 aliphatic carbocycles. The average Bonchev–Trinajstić information content (AvgIpc) is 2.80. The first-order chi connectivity index (χ1) is 8.77. The first-order valence-electron chi connectivity index (χ1n) is 6.24. The summed E-state index contributed by atoms with van der Waals surface area (Å²) in [6.45, 7) is 4.22. The molecule has 1 atom stereocenters. The summed E-state index contributed by atoms with van der Waals surface area (Å²) in [4.78, 5) is 12.0. The molecule has 96 valence electrons. The van der Waals surface area contributed by atoms with Crippen molar-refractivity contribution in [2.75, 3.05) is 6.61 Å². The minimum absolute atomic E-state index is 0.241. The van der Waals surface area contributed by atoms with Crippen molar-refractivity contribution in [3.8, 4) is 0 Å². The van der Waals surface area contributed by atoms with Gasteiger partial charge >= 0.3 is 5.97 Å². The fourth-order valence-electron chi connectivity index (χ4n) is 1.97. The second-order valence-electron chi connectivity index (χ2n) is 4.08. The Hall–Kier alpha value is -1.91. The Labute approximate surface area is 106 Å². The van der Waals surface area contributed by atoms with Gasteiger partial charge in [-0.25, -0.2) is 9.48 Å². The molecule has 0 aliphatic rings. The largest absolute Gasteiger partial charge is 0.464 e. The molecule has 0 amide bonds. The third-order valence-electron chi connectivity index (χ3n) is 2.79. The molecule has 0 fully saturated rings. The predicted molar refractivity (Wildman–Crippen MR) is 68.1 cm³/mol. The van der Waals surface area contributed by atoms with Crippen LogP contribution in [0.5, 0.6) is 0 Å². The Kier molecular flexibility index (Phi) is 3.92. The van der Waals surface area contributed by atoms with Gasteiger partial charge in [0.25, 0.3) is 0 Å². The molecule has 2 rings (SSSR count).